The Morgan fingerprint density at radius 2 is 1.45 bits per heavy atom. The van der Waals surface area contributed by atoms with E-state index in [4.69, 9.17) is 0 Å². The second-order valence-corrected chi connectivity index (χ2v) is 14.7. The molecule has 1 heteroatoms. The zero-order chi connectivity index (χ0) is 22.6. The van der Waals surface area contributed by atoms with Gasteiger partial charge in [0.2, 0.25) is 0 Å². The van der Waals surface area contributed by atoms with Crippen LogP contribution in [0.4, 0.5) is 0 Å². The van der Waals surface area contributed by atoms with Crippen molar-refractivity contribution in [2.45, 2.75) is 119 Å². The van der Waals surface area contributed by atoms with Gasteiger partial charge in [0.05, 0.1) is 6.10 Å². The molecule has 5 aliphatic carbocycles. The van der Waals surface area contributed by atoms with Crippen LogP contribution in [0.3, 0.4) is 0 Å². The fourth-order valence-electron chi connectivity index (χ4n) is 11.5. The summed E-state index contributed by atoms with van der Waals surface area (Å²) in [5.41, 5.74) is 3.38. The average Bonchev–Trinajstić information content (AvgIpc) is 3.04. The third kappa shape index (κ3) is 2.65. The molecule has 5 saturated carbocycles. The fourth-order valence-corrected chi connectivity index (χ4v) is 11.5. The first-order valence-corrected chi connectivity index (χ1v) is 13.6. The molecule has 0 heterocycles. The third-order valence-corrected chi connectivity index (χ3v) is 13.5. The molecule has 0 aliphatic heterocycles. The van der Waals surface area contributed by atoms with Crippen molar-refractivity contribution in [2.24, 2.45) is 56.7 Å². The molecule has 0 aromatic rings. The topological polar surface area (TPSA) is 20.2 Å². The number of rotatable bonds is 1. The molecule has 0 amide bonds. The number of allylic oxidation sites excluding steroid dienone is 1. The maximum Gasteiger partial charge on any atom is 0.0594 e. The Kier molecular flexibility index (Phi) is 4.82. The number of aliphatic hydroxyl groups excluding tert-OH is 1. The van der Waals surface area contributed by atoms with Crippen LogP contribution in [0.2, 0.25) is 0 Å². The summed E-state index contributed by atoms with van der Waals surface area (Å²) in [4.78, 5) is 0. The quantitative estimate of drug-likeness (QED) is 0.421. The number of hydrogen-bond donors (Lipinski definition) is 1. The summed E-state index contributed by atoms with van der Waals surface area (Å²) in [6.07, 6.45) is 13.4. The first kappa shape index (κ1) is 22.5. The molecule has 5 fully saturated rings. The van der Waals surface area contributed by atoms with Crippen molar-refractivity contribution in [3.8, 4) is 0 Å². The summed E-state index contributed by atoms with van der Waals surface area (Å²) in [6.45, 7) is 22.3. The highest BCUT2D eigenvalue weighted by molar-refractivity contribution is 5.21. The van der Waals surface area contributed by atoms with Gasteiger partial charge in [-0.3, -0.25) is 0 Å². The van der Waals surface area contributed by atoms with E-state index in [-0.39, 0.29) is 11.5 Å². The van der Waals surface area contributed by atoms with Crippen molar-refractivity contribution in [3.05, 3.63) is 12.2 Å². The van der Waals surface area contributed by atoms with E-state index >= 15 is 0 Å². The molecule has 10 atom stereocenters. The lowest BCUT2D eigenvalue weighted by Crippen LogP contribution is -2.66. The van der Waals surface area contributed by atoms with E-state index in [0.717, 1.165) is 30.1 Å². The van der Waals surface area contributed by atoms with Gasteiger partial charge in [-0.25, -0.2) is 0 Å². The van der Waals surface area contributed by atoms with Gasteiger partial charge in [-0.1, -0.05) is 53.7 Å². The SMILES string of the molecule is C=C(C)[C@@H]1CC[C@]2(C)CC[C@]3(C)[C@@H](CC[C@@H]4[C@@]5(C)CC[C@H](O)C(C)(C)[C@@H]5CC[C@]43C)[C@@H]12. The Hall–Kier alpha value is -0.300. The summed E-state index contributed by atoms with van der Waals surface area (Å²) < 4.78 is 0. The van der Waals surface area contributed by atoms with Crippen LogP contribution >= 0.6 is 0 Å². The van der Waals surface area contributed by atoms with Gasteiger partial charge < -0.3 is 5.11 Å². The highest BCUT2D eigenvalue weighted by Gasteiger charge is 2.70. The molecule has 1 nitrogen and oxygen atoms in total. The first-order chi connectivity index (χ1) is 14.3. The van der Waals surface area contributed by atoms with Crippen LogP contribution in [-0.2, 0) is 0 Å². The Labute approximate surface area is 192 Å². The van der Waals surface area contributed by atoms with Gasteiger partial charge in [0.15, 0.2) is 0 Å². The predicted octanol–water partition coefficient (Wildman–Crippen LogP) is 8.02. The Bertz CT molecular complexity index is 766. The summed E-state index contributed by atoms with van der Waals surface area (Å²) in [5.74, 6) is 3.98. The predicted molar refractivity (Wildman–Crippen MR) is 131 cm³/mol. The van der Waals surface area contributed by atoms with Crippen molar-refractivity contribution in [1.29, 1.82) is 0 Å². The molecule has 176 valence electrons. The maximum absolute atomic E-state index is 10.9. The summed E-state index contributed by atoms with van der Waals surface area (Å²) >= 11 is 0. The molecule has 0 spiro atoms. The van der Waals surface area contributed by atoms with Crippen LogP contribution in [0, 0.1) is 56.7 Å². The molecular weight excluding hydrogens is 376 g/mol. The van der Waals surface area contributed by atoms with E-state index < -0.39 is 0 Å². The largest absolute Gasteiger partial charge is 0.393 e. The van der Waals surface area contributed by atoms with Crippen molar-refractivity contribution >= 4 is 0 Å². The van der Waals surface area contributed by atoms with Gasteiger partial charge in [-0.15, -0.1) is 0 Å². The molecule has 0 bridgehead atoms. The Morgan fingerprint density at radius 3 is 2.13 bits per heavy atom. The molecule has 0 saturated heterocycles. The molecule has 0 unspecified atom stereocenters. The second kappa shape index (κ2) is 6.64. The van der Waals surface area contributed by atoms with Crippen LogP contribution in [-0.4, -0.2) is 11.2 Å². The van der Waals surface area contributed by atoms with E-state index in [1.54, 1.807) is 0 Å². The molecule has 0 aromatic heterocycles. The van der Waals surface area contributed by atoms with Crippen molar-refractivity contribution in [2.75, 3.05) is 0 Å². The Balaban J connectivity index is 1.54. The molecule has 1 N–H and O–H groups in total. The first-order valence-electron chi connectivity index (χ1n) is 13.6. The van der Waals surface area contributed by atoms with Crippen LogP contribution in [0.1, 0.15) is 113 Å². The zero-order valence-corrected chi connectivity index (χ0v) is 21.7. The zero-order valence-electron chi connectivity index (χ0n) is 21.7. The molecule has 5 aliphatic rings. The molecular formula is C30H50O. The summed E-state index contributed by atoms with van der Waals surface area (Å²) in [7, 11) is 0. The number of fused-ring (bicyclic) bond motifs is 7. The lowest BCUT2D eigenvalue weighted by molar-refractivity contribution is -0.246. The minimum absolute atomic E-state index is 0.0632. The van der Waals surface area contributed by atoms with E-state index in [1.807, 2.05) is 0 Å². The Morgan fingerprint density at radius 1 is 0.742 bits per heavy atom. The van der Waals surface area contributed by atoms with Gasteiger partial charge in [0.1, 0.15) is 0 Å². The van der Waals surface area contributed by atoms with E-state index in [2.05, 4.69) is 55.0 Å². The number of aliphatic hydroxyl groups is 1. The van der Waals surface area contributed by atoms with E-state index in [1.165, 1.54) is 63.4 Å². The minimum Gasteiger partial charge on any atom is -0.393 e. The monoisotopic (exact) mass is 426 g/mol. The van der Waals surface area contributed by atoms with Gasteiger partial charge in [0, 0.05) is 0 Å². The van der Waals surface area contributed by atoms with Gasteiger partial charge in [-0.05, 0) is 128 Å². The van der Waals surface area contributed by atoms with Crippen LogP contribution < -0.4 is 0 Å². The van der Waals surface area contributed by atoms with Crippen LogP contribution in [0.25, 0.3) is 0 Å². The molecule has 5 rings (SSSR count). The van der Waals surface area contributed by atoms with E-state index in [9.17, 15) is 5.11 Å². The third-order valence-electron chi connectivity index (χ3n) is 13.5. The number of hydrogen-bond acceptors (Lipinski definition) is 1. The minimum atomic E-state index is -0.118. The molecule has 0 aromatic carbocycles. The normalized spacial score (nSPS) is 57.9. The maximum atomic E-state index is 10.9. The van der Waals surface area contributed by atoms with Gasteiger partial charge >= 0.3 is 0 Å². The fraction of sp³-hybridized carbons (Fsp3) is 0.933. The summed E-state index contributed by atoms with van der Waals surface area (Å²) in [6, 6.07) is 0. The highest BCUT2D eigenvalue weighted by Crippen LogP contribution is 2.77. The van der Waals surface area contributed by atoms with Crippen LogP contribution in [0.5, 0.6) is 0 Å². The van der Waals surface area contributed by atoms with Gasteiger partial charge in [0.25, 0.3) is 0 Å². The lowest BCUT2D eigenvalue weighted by Gasteiger charge is -2.73. The van der Waals surface area contributed by atoms with E-state index in [0.29, 0.717) is 27.6 Å². The summed E-state index contributed by atoms with van der Waals surface area (Å²) in [5, 5.41) is 10.9. The smallest absolute Gasteiger partial charge is 0.0594 e. The van der Waals surface area contributed by atoms with Crippen molar-refractivity contribution in [3.63, 3.8) is 0 Å². The lowest BCUT2D eigenvalue weighted by atomic mass is 9.32. The van der Waals surface area contributed by atoms with Crippen molar-refractivity contribution in [1.82, 2.24) is 0 Å². The molecule has 0 radical (unpaired) electrons. The van der Waals surface area contributed by atoms with Crippen LogP contribution in [0.15, 0.2) is 12.2 Å². The highest BCUT2D eigenvalue weighted by atomic mass is 16.3. The second-order valence-electron chi connectivity index (χ2n) is 14.7. The van der Waals surface area contributed by atoms with Gasteiger partial charge in [-0.2, -0.15) is 0 Å². The molecule has 31 heavy (non-hydrogen) atoms. The average molecular weight is 427 g/mol. The standard InChI is InChI=1S/C30H50O/c1-19(2)20-11-14-27(5)17-18-29(7)21(25(20)27)9-10-23-28(6)15-13-24(31)26(3,4)22(28)12-16-30(23,29)8/h20-25,31H,1,9-18H2,2-8H3/t20-,21-,22-,23+,24-,25+,27+,28-,29+,30+/m0/s1. The van der Waals surface area contributed by atoms with Crippen molar-refractivity contribution < 1.29 is 5.11 Å².